The van der Waals surface area contributed by atoms with Gasteiger partial charge in [-0.15, -0.1) is 0 Å². The van der Waals surface area contributed by atoms with Crippen molar-refractivity contribution in [1.29, 1.82) is 0 Å². The number of hydrogen-bond acceptors (Lipinski definition) is 4. The molecule has 132 valence electrons. The molecule has 0 bridgehead atoms. The summed E-state index contributed by atoms with van der Waals surface area (Å²) < 4.78 is 5.33. The molecule has 1 fully saturated rings. The predicted octanol–water partition coefficient (Wildman–Crippen LogP) is 1.27. The first-order chi connectivity index (χ1) is 10.6. The fraction of sp³-hybridized carbons (Fsp3) is 0.812. The molecular weight excluding hydrogens is 298 g/mol. The Labute approximate surface area is 138 Å². The van der Waals surface area contributed by atoms with Gasteiger partial charge in [-0.1, -0.05) is 0 Å². The van der Waals surface area contributed by atoms with Crippen molar-refractivity contribution in [2.24, 2.45) is 5.92 Å². The number of carbonyl (C=O) groups excluding carboxylic acids is 3. The van der Waals surface area contributed by atoms with E-state index in [4.69, 9.17) is 4.74 Å². The molecule has 7 heteroatoms. The van der Waals surface area contributed by atoms with Crippen LogP contribution in [0.5, 0.6) is 0 Å². The molecule has 1 aliphatic heterocycles. The number of hydrogen-bond donors (Lipinski definition) is 2. The Morgan fingerprint density at radius 2 is 1.78 bits per heavy atom. The number of rotatable bonds is 4. The van der Waals surface area contributed by atoms with Crippen LogP contribution in [0.15, 0.2) is 0 Å². The topological polar surface area (TPSA) is 87.7 Å². The second-order valence-corrected chi connectivity index (χ2v) is 6.87. The number of carbonyl (C=O) groups is 3. The summed E-state index contributed by atoms with van der Waals surface area (Å²) in [7, 11) is 0. The van der Waals surface area contributed by atoms with Crippen molar-refractivity contribution >= 4 is 17.9 Å². The van der Waals surface area contributed by atoms with Gasteiger partial charge in [0.1, 0.15) is 11.6 Å². The number of likely N-dealkylation sites (N-methyl/N-ethyl adjacent to an activating group) is 1. The lowest BCUT2D eigenvalue weighted by molar-refractivity contribution is -0.131. The van der Waals surface area contributed by atoms with Gasteiger partial charge in [-0.3, -0.25) is 9.59 Å². The number of piperidine rings is 1. The maximum atomic E-state index is 12.2. The Bertz CT molecular complexity index is 437. The quantitative estimate of drug-likeness (QED) is 0.814. The summed E-state index contributed by atoms with van der Waals surface area (Å²) in [5, 5.41) is 5.40. The van der Waals surface area contributed by atoms with E-state index >= 15 is 0 Å². The number of ether oxygens (including phenoxy) is 1. The van der Waals surface area contributed by atoms with E-state index in [9.17, 15) is 14.4 Å². The van der Waals surface area contributed by atoms with Crippen molar-refractivity contribution in [3.63, 3.8) is 0 Å². The molecule has 0 aromatic heterocycles. The summed E-state index contributed by atoms with van der Waals surface area (Å²) in [5.74, 6) is -0.495. The minimum absolute atomic E-state index is 0.132. The van der Waals surface area contributed by atoms with Gasteiger partial charge in [0.15, 0.2) is 0 Å². The van der Waals surface area contributed by atoms with E-state index in [-0.39, 0.29) is 23.8 Å². The van der Waals surface area contributed by atoms with Gasteiger partial charge in [0.05, 0.1) is 0 Å². The summed E-state index contributed by atoms with van der Waals surface area (Å²) in [5.41, 5.74) is -0.520. The van der Waals surface area contributed by atoms with Crippen LogP contribution in [0.2, 0.25) is 0 Å². The van der Waals surface area contributed by atoms with Gasteiger partial charge in [0, 0.05) is 25.6 Å². The molecule has 0 spiro atoms. The molecular formula is C16H29N3O4. The van der Waals surface area contributed by atoms with Crippen molar-refractivity contribution in [2.75, 3.05) is 19.6 Å². The van der Waals surface area contributed by atoms with E-state index in [2.05, 4.69) is 10.6 Å². The Hall–Kier alpha value is -1.79. The lowest BCUT2D eigenvalue weighted by Gasteiger charge is -2.33. The SMILES string of the molecule is CCNC(=O)[C@@H](C)NC(=O)C1CCN(C(=O)OC(C)(C)C)CC1. The van der Waals surface area contributed by atoms with E-state index in [1.165, 1.54) is 0 Å². The molecule has 0 aromatic carbocycles. The third kappa shape index (κ3) is 6.46. The normalized spacial score (nSPS) is 17.3. The second kappa shape index (κ2) is 8.17. The Balaban J connectivity index is 2.42. The molecule has 1 rings (SSSR count). The molecule has 0 saturated carbocycles. The molecule has 0 unspecified atom stereocenters. The molecule has 3 amide bonds. The summed E-state index contributed by atoms with van der Waals surface area (Å²) in [6, 6.07) is -0.550. The highest BCUT2D eigenvalue weighted by molar-refractivity contribution is 5.88. The monoisotopic (exact) mass is 327 g/mol. The Kier molecular flexibility index (Phi) is 6.84. The zero-order valence-corrected chi connectivity index (χ0v) is 14.8. The summed E-state index contributed by atoms with van der Waals surface area (Å²) >= 11 is 0. The minimum Gasteiger partial charge on any atom is -0.444 e. The smallest absolute Gasteiger partial charge is 0.410 e. The zero-order chi connectivity index (χ0) is 17.6. The van der Waals surface area contributed by atoms with Gasteiger partial charge < -0.3 is 20.3 Å². The molecule has 0 radical (unpaired) electrons. The highest BCUT2D eigenvalue weighted by Gasteiger charge is 2.30. The van der Waals surface area contributed by atoms with E-state index in [1.807, 2.05) is 27.7 Å². The van der Waals surface area contributed by atoms with E-state index in [0.717, 1.165) is 0 Å². The number of nitrogens with one attached hydrogen (secondary N) is 2. The first kappa shape index (κ1) is 19.3. The highest BCUT2D eigenvalue weighted by atomic mass is 16.6. The molecule has 1 heterocycles. The van der Waals surface area contributed by atoms with E-state index in [0.29, 0.717) is 32.5 Å². The van der Waals surface area contributed by atoms with Gasteiger partial charge >= 0.3 is 6.09 Å². The molecule has 23 heavy (non-hydrogen) atoms. The van der Waals surface area contributed by atoms with Crippen molar-refractivity contribution in [1.82, 2.24) is 15.5 Å². The average molecular weight is 327 g/mol. The average Bonchev–Trinajstić information content (AvgIpc) is 2.45. The van der Waals surface area contributed by atoms with Crippen molar-refractivity contribution < 1.29 is 19.1 Å². The summed E-state index contributed by atoms with van der Waals surface area (Å²) in [4.78, 5) is 37.4. The van der Waals surface area contributed by atoms with Gasteiger partial charge in [-0.2, -0.15) is 0 Å². The molecule has 1 aliphatic rings. The lowest BCUT2D eigenvalue weighted by atomic mass is 9.96. The minimum atomic E-state index is -0.550. The van der Waals surface area contributed by atoms with Crippen LogP contribution in [0.3, 0.4) is 0 Å². The Morgan fingerprint density at radius 1 is 1.22 bits per heavy atom. The van der Waals surface area contributed by atoms with Crippen LogP contribution in [0.25, 0.3) is 0 Å². The largest absolute Gasteiger partial charge is 0.444 e. The fourth-order valence-electron chi connectivity index (χ4n) is 2.37. The van der Waals surface area contributed by atoms with Crippen molar-refractivity contribution in [3.8, 4) is 0 Å². The number of amides is 3. The van der Waals surface area contributed by atoms with Crippen molar-refractivity contribution in [2.45, 2.75) is 59.1 Å². The predicted molar refractivity (Wildman–Crippen MR) is 86.8 cm³/mol. The number of nitrogens with zero attached hydrogens (tertiary/aromatic N) is 1. The fourth-order valence-corrected chi connectivity index (χ4v) is 2.37. The third-order valence-corrected chi connectivity index (χ3v) is 3.62. The molecule has 1 saturated heterocycles. The van der Waals surface area contributed by atoms with Crippen LogP contribution in [-0.2, 0) is 14.3 Å². The van der Waals surface area contributed by atoms with Crippen molar-refractivity contribution in [3.05, 3.63) is 0 Å². The summed E-state index contributed by atoms with van der Waals surface area (Å²) in [6.45, 7) is 10.5. The standard InChI is InChI=1S/C16H29N3O4/c1-6-17-13(20)11(2)18-14(21)12-7-9-19(10-8-12)15(22)23-16(3,4)5/h11-12H,6-10H2,1-5H3,(H,17,20)(H,18,21)/t11-/m1/s1. The first-order valence-corrected chi connectivity index (χ1v) is 8.20. The zero-order valence-electron chi connectivity index (χ0n) is 14.8. The second-order valence-electron chi connectivity index (χ2n) is 6.87. The molecule has 7 nitrogen and oxygen atoms in total. The summed E-state index contributed by atoms with van der Waals surface area (Å²) in [6.07, 6.45) is 0.812. The first-order valence-electron chi connectivity index (χ1n) is 8.20. The number of likely N-dealkylation sites (tertiary alicyclic amines) is 1. The van der Waals surface area contributed by atoms with Crippen LogP contribution >= 0.6 is 0 Å². The van der Waals surface area contributed by atoms with Crippen LogP contribution in [0.4, 0.5) is 4.79 Å². The van der Waals surface area contributed by atoms with Gasteiger partial charge in [-0.25, -0.2) is 4.79 Å². The molecule has 2 N–H and O–H groups in total. The van der Waals surface area contributed by atoms with E-state index in [1.54, 1.807) is 11.8 Å². The maximum absolute atomic E-state index is 12.2. The Morgan fingerprint density at radius 3 is 2.26 bits per heavy atom. The highest BCUT2D eigenvalue weighted by Crippen LogP contribution is 2.20. The van der Waals surface area contributed by atoms with Gasteiger partial charge in [0.25, 0.3) is 0 Å². The van der Waals surface area contributed by atoms with Crippen LogP contribution < -0.4 is 10.6 Å². The lowest BCUT2D eigenvalue weighted by Crippen LogP contribution is -2.49. The van der Waals surface area contributed by atoms with Crippen LogP contribution in [-0.4, -0.2) is 54.1 Å². The molecule has 0 aliphatic carbocycles. The van der Waals surface area contributed by atoms with Crippen LogP contribution in [0.1, 0.15) is 47.5 Å². The van der Waals surface area contributed by atoms with Gasteiger partial charge in [0.2, 0.25) is 11.8 Å². The van der Waals surface area contributed by atoms with Crippen LogP contribution in [0, 0.1) is 5.92 Å². The molecule has 0 aromatic rings. The maximum Gasteiger partial charge on any atom is 0.410 e. The van der Waals surface area contributed by atoms with E-state index < -0.39 is 11.6 Å². The molecule has 1 atom stereocenters. The third-order valence-electron chi connectivity index (χ3n) is 3.62. The van der Waals surface area contributed by atoms with Gasteiger partial charge in [-0.05, 0) is 47.5 Å².